The Morgan fingerprint density at radius 1 is 0.873 bits per heavy atom. The molecule has 0 radical (unpaired) electrons. The van der Waals surface area contributed by atoms with Crippen LogP contribution in [0.5, 0.6) is 0 Å². The molecule has 20 nitrogen and oxygen atoms in total. The Bertz CT molecular complexity index is 2230. The highest BCUT2D eigenvalue weighted by molar-refractivity contribution is 8.00. The highest BCUT2D eigenvalue weighted by Gasteiger charge is 2.53. The van der Waals surface area contributed by atoms with E-state index in [1.165, 1.54) is 14.2 Å². The molecular formula is C58H88N2O18S. The lowest BCUT2D eigenvalue weighted by Gasteiger charge is -2.42. The molecule has 10 unspecified atom stereocenters. The minimum atomic E-state index is -2.49. The summed E-state index contributed by atoms with van der Waals surface area (Å²) in [6, 6.07) is -2.40. The van der Waals surface area contributed by atoms with Gasteiger partial charge in [-0.05, 0) is 107 Å². The molecule has 0 aromatic carbocycles. The molecule has 3 heterocycles. The minimum Gasteiger partial charge on any atom is -0.481 e. The van der Waals surface area contributed by atoms with E-state index >= 15 is 0 Å². The van der Waals surface area contributed by atoms with Crippen molar-refractivity contribution in [1.82, 2.24) is 10.2 Å². The Morgan fingerprint density at radius 2 is 1.59 bits per heavy atom. The molecule has 1 saturated carbocycles. The van der Waals surface area contributed by atoms with Gasteiger partial charge in [0.2, 0.25) is 5.79 Å². The number of fused-ring (bicyclic) bond motifs is 3. The lowest BCUT2D eigenvalue weighted by atomic mass is 9.78. The van der Waals surface area contributed by atoms with E-state index < -0.39 is 120 Å². The summed E-state index contributed by atoms with van der Waals surface area (Å²) in [7, 11) is 5.53. The monoisotopic (exact) mass is 1130 g/mol. The van der Waals surface area contributed by atoms with Gasteiger partial charge in [0.1, 0.15) is 42.3 Å². The van der Waals surface area contributed by atoms with E-state index in [9.17, 15) is 48.6 Å². The molecule has 3 aliphatic heterocycles. The van der Waals surface area contributed by atoms with Crippen LogP contribution in [0.4, 0.5) is 4.79 Å². The molecule has 21 heteroatoms. The number of carboxylic acids is 1. The second-order valence-corrected chi connectivity index (χ2v) is 23.1. The van der Waals surface area contributed by atoms with Crippen molar-refractivity contribution in [3.05, 3.63) is 47.6 Å². The van der Waals surface area contributed by atoms with Crippen molar-refractivity contribution in [3.8, 4) is 0 Å². The molecule has 0 aromatic rings. The largest absolute Gasteiger partial charge is 0.481 e. The number of carboxylic acid groups (broad SMARTS) is 1. The molecule has 1 aliphatic carbocycles. The minimum absolute atomic E-state index is 0.0215. The van der Waals surface area contributed by atoms with Gasteiger partial charge in [0.25, 0.3) is 11.7 Å². The number of methoxy groups -OCH3 is 4. The van der Waals surface area contributed by atoms with Crippen LogP contribution in [0.25, 0.3) is 0 Å². The summed E-state index contributed by atoms with van der Waals surface area (Å²) in [6.45, 7) is 12.4. The summed E-state index contributed by atoms with van der Waals surface area (Å²) in [6.07, 6.45) is 8.16. The fraction of sp³-hybridized carbons (Fsp3) is 0.724. The van der Waals surface area contributed by atoms with Crippen LogP contribution in [0.1, 0.15) is 126 Å². The van der Waals surface area contributed by atoms with Gasteiger partial charge in [-0.25, -0.2) is 14.4 Å². The number of Topliss-reactive ketones (excluding diaryl/α,β-unsaturated/α-hetero) is 3. The molecule has 0 spiro atoms. The van der Waals surface area contributed by atoms with E-state index in [1.54, 1.807) is 40.9 Å². The Hall–Kier alpha value is -4.77. The number of rotatable bonds is 13. The summed E-state index contributed by atoms with van der Waals surface area (Å²) < 4.78 is 40.3. The van der Waals surface area contributed by atoms with Crippen LogP contribution in [0.3, 0.4) is 0 Å². The van der Waals surface area contributed by atoms with Gasteiger partial charge in [0, 0.05) is 64.2 Å². The number of hydrogen-bond donors (Lipinski definition) is 4. The van der Waals surface area contributed by atoms with Crippen molar-refractivity contribution < 1.29 is 86.8 Å². The molecule has 0 aromatic heterocycles. The third-order valence-corrected chi connectivity index (χ3v) is 17.0. The number of ether oxygens (including phenoxy) is 7. The maximum atomic E-state index is 14.6. The molecule has 2 amide bonds. The van der Waals surface area contributed by atoms with Crippen LogP contribution in [-0.2, 0) is 66.7 Å². The zero-order chi connectivity index (χ0) is 58.7. The second kappa shape index (κ2) is 32.0. The number of ketones is 3. The summed E-state index contributed by atoms with van der Waals surface area (Å²) in [5.74, 6) is -11.1. The molecule has 4 aliphatic rings. The lowest BCUT2D eigenvalue weighted by Crippen LogP contribution is -2.61. The summed E-state index contributed by atoms with van der Waals surface area (Å²) in [4.78, 5) is 109. The molecule has 3 fully saturated rings. The molecular weight excluding hydrogens is 1040 g/mol. The first kappa shape index (κ1) is 66.7. The number of carbonyl (C=O) groups is 8. The van der Waals surface area contributed by atoms with E-state index in [0.29, 0.717) is 63.4 Å². The molecule has 2 saturated heterocycles. The average molecular weight is 1130 g/mol. The zero-order valence-corrected chi connectivity index (χ0v) is 48.9. The van der Waals surface area contributed by atoms with Gasteiger partial charge >= 0.3 is 24.0 Å². The Kier molecular flexibility index (Phi) is 27.1. The fourth-order valence-corrected chi connectivity index (χ4v) is 11.9. The number of esters is 2. The van der Waals surface area contributed by atoms with Crippen molar-refractivity contribution in [1.29, 1.82) is 0 Å². The summed E-state index contributed by atoms with van der Waals surface area (Å²) >= 11 is 0.924. The summed E-state index contributed by atoms with van der Waals surface area (Å²) in [5, 5.41) is 35.1. The van der Waals surface area contributed by atoms with E-state index in [0.717, 1.165) is 29.3 Å². The average Bonchev–Trinajstić information content (AvgIpc) is 3.45. The number of cyclic esters (lactones) is 1. The van der Waals surface area contributed by atoms with Crippen molar-refractivity contribution in [2.24, 2.45) is 35.5 Å². The number of nitrogens with one attached hydrogen (secondary N) is 1. The number of amides is 2. The van der Waals surface area contributed by atoms with Crippen LogP contribution in [0, 0.1) is 35.5 Å². The number of piperidine rings is 1. The Balaban J connectivity index is 1.65. The third kappa shape index (κ3) is 19.2. The van der Waals surface area contributed by atoms with Gasteiger partial charge in [-0.3, -0.25) is 24.0 Å². The number of aliphatic carboxylic acids is 1. The van der Waals surface area contributed by atoms with Crippen molar-refractivity contribution >= 4 is 59.0 Å². The van der Waals surface area contributed by atoms with Crippen LogP contribution < -0.4 is 5.32 Å². The summed E-state index contributed by atoms with van der Waals surface area (Å²) in [5.41, 5.74) is 1.18. The number of allylic oxidation sites excluding steroid dienone is 6. The molecule has 16 atom stereocenters. The first-order chi connectivity index (χ1) is 37.4. The number of nitrogens with zero attached hydrogens (tertiary/aromatic N) is 1. The smallest absolute Gasteiger partial charge is 0.408 e. The van der Waals surface area contributed by atoms with Gasteiger partial charge in [0.05, 0.1) is 31.2 Å². The van der Waals surface area contributed by atoms with E-state index in [2.05, 4.69) is 5.32 Å². The van der Waals surface area contributed by atoms with Crippen molar-refractivity contribution in [2.45, 2.75) is 186 Å². The van der Waals surface area contributed by atoms with Gasteiger partial charge in [-0.15, -0.1) is 11.8 Å². The molecule has 4 rings (SSSR count). The van der Waals surface area contributed by atoms with Gasteiger partial charge in [-0.2, -0.15) is 0 Å². The normalized spacial score (nSPS) is 35.5. The Labute approximate surface area is 470 Å². The first-order valence-electron chi connectivity index (χ1n) is 27.7. The van der Waals surface area contributed by atoms with Crippen molar-refractivity contribution in [3.63, 3.8) is 0 Å². The van der Waals surface area contributed by atoms with E-state index in [4.69, 9.17) is 38.3 Å². The predicted octanol–water partition coefficient (Wildman–Crippen LogP) is 6.27. The lowest BCUT2D eigenvalue weighted by molar-refractivity contribution is -0.265. The van der Waals surface area contributed by atoms with Crippen LogP contribution in [-0.4, -0.2) is 175 Å². The molecule has 4 N–H and O–H groups in total. The zero-order valence-electron chi connectivity index (χ0n) is 48.1. The van der Waals surface area contributed by atoms with Gasteiger partial charge < -0.3 is 58.7 Å². The quantitative estimate of drug-likeness (QED) is 0.0684. The number of alkyl carbamates (subject to hydrolysis) is 1. The third-order valence-electron chi connectivity index (χ3n) is 16.0. The van der Waals surface area contributed by atoms with Crippen LogP contribution >= 0.6 is 11.8 Å². The van der Waals surface area contributed by atoms with E-state index in [1.807, 2.05) is 51.2 Å². The number of thioether (sulfide) groups is 1. The standard InChI is InChI=1S/C58H88N2O18S/c1-33-17-13-12-14-18-34(2)46(72-8)29-41-22-20-39(7)58(71,78-41)53(66)54(67)60-24-16-15-19-43(60)56(69)76-47(30-44(61)35(3)26-38(6)51(65)52(74-10)50(64)37(5)25-33)36(4)27-40-21-23-45(48(28-40)73-9)77-57(70)59-42(55(68)75-11)31-79-32-49(62)63/h12-14,17-18,26,33,35-37,39-43,45-48,51-52,65,71H,15-16,19-25,27-32H2,1-11H3,(H,59,70)(H,62,63)/b14-12+,17-13+,34-18+,38-26+/t33?,35?,36?,37-,39-,40?,41?,42?,43+,45-,46?,47?,48?,51-,52?,58-/m1/s1. The van der Waals surface area contributed by atoms with E-state index in [-0.39, 0.29) is 60.7 Å². The van der Waals surface area contributed by atoms with Crippen molar-refractivity contribution in [2.75, 3.05) is 46.5 Å². The fourth-order valence-electron chi connectivity index (χ4n) is 11.1. The van der Waals surface area contributed by atoms with Crippen LogP contribution in [0.2, 0.25) is 0 Å². The molecule has 79 heavy (non-hydrogen) atoms. The number of hydrogen-bond acceptors (Lipinski definition) is 18. The van der Waals surface area contributed by atoms with Crippen LogP contribution in [0.15, 0.2) is 47.6 Å². The molecule has 444 valence electrons. The first-order valence-corrected chi connectivity index (χ1v) is 28.9. The number of aliphatic hydroxyl groups excluding tert-OH is 1. The maximum Gasteiger partial charge on any atom is 0.408 e. The highest BCUT2D eigenvalue weighted by atomic mass is 32.2. The SMILES string of the molecule is COC(=O)C(CSCC(=O)O)NC(=O)O[C@@H]1CCC(CC(C)C2CC(=O)C(C)/C=C(\C)[C@@H](O)C(OC)C(=O)[C@H](C)CC(C)/C=C/C=C/C=C(\C)C(OC)CC3CC[C@@H](C)[C@@](O)(O3)C(=O)C(=O)N3CCCC[C@H]3C(=O)O2)CC1OC. The highest BCUT2D eigenvalue weighted by Crippen LogP contribution is 2.38. The number of aliphatic hydroxyl groups is 2. The topological polar surface area (TPSA) is 277 Å². The molecule has 2 bridgehead atoms. The Morgan fingerprint density at radius 3 is 2.25 bits per heavy atom. The second-order valence-electron chi connectivity index (χ2n) is 22.1. The van der Waals surface area contributed by atoms with Gasteiger partial charge in [-0.1, -0.05) is 71.1 Å². The number of carbonyl (C=O) groups excluding carboxylic acids is 7. The predicted molar refractivity (Wildman–Crippen MR) is 293 cm³/mol. The van der Waals surface area contributed by atoms with Gasteiger partial charge in [0.15, 0.2) is 5.78 Å². The maximum absolute atomic E-state index is 14.6.